The summed E-state index contributed by atoms with van der Waals surface area (Å²) in [6.07, 6.45) is 2.31. The lowest BCUT2D eigenvalue weighted by Crippen LogP contribution is -2.06. The summed E-state index contributed by atoms with van der Waals surface area (Å²) in [7, 11) is 0. The molecule has 16 heavy (non-hydrogen) atoms. The van der Waals surface area contributed by atoms with Gasteiger partial charge in [0.1, 0.15) is 5.01 Å². The molecule has 0 saturated carbocycles. The molecule has 1 aromatic carbocycles. The number of anilines is 1. The number of hydrogen-bond donors (Lipinski definition) is 2. The van der Waals surface area contributed by atoms with Gasteiger partial charge in [0, 0.05) is 10.9 Å². The molecular weight excluding hydrogens is 218 g/mol. The Balaban J connectivity index is 2.20. The number of aryl methyl sites for hydroxylation is 1. The number of hydrazine groups is 1. The van der Waals surface area contributed by atoms with E-state index in [9.17, 15) is 0 Å². The van der Waals surface area contributed by atoms with Crippen LogP contribution in [-0.4, -0.2) is 4.98 Å². The van der Waals surface area contributed by atoms with Crippen molar-refractivity contribution in [2.45, 2.75) is 19.8 Å². The zero-order chi connectivity index (χ0) is 11.4. The molecule has 2 aromatic rings. The van der Waals surface area contributed by atoms with Crippen LogP contribution in [0.25, 0.3) is 10.6 Å². The minimum absolute atomic E-state index is 0.720. The Morgan fingerprint density at radius 3 is 2.62 bits per heavy atom. The van der Waals surface area contributed by atoms with Gasteiger partial charge in [-0.05, 0) is 12.0 Å². The summed E-state index contributed by atoms with van der Waals surface area (Å²) in [4.78, 5) is 4.36. The summed E-state index contributed by atoms with van der Waals surface area (Å²) in [5, 5.41) is 2.91. The van der Waals surface area contributed by atoms with Crippen LogP contribution in [0.3, 0.4) is 0 Å². The number of aromatic nitrogens is 1. The second-order valence-corrected chi connectivity index (χ2v) is 4.49. The van der Waals surface area contributed by atoms with Gasteiger partial charge in [-0.15, -0.1) is 11.3 Å². The first-order valence-corrected chi connectivity index (χ1v) is 6.23. The summed E-state index contributed by atoms with van der Waals surface area (Å²) in [5.41, 5.74) is 5.07. The number of nitrogens with two attached hydrogens (primary N) is 1. The van der Waals surface area contributed by atoms with Gasteiger partial charge in [-0.1, -0.05) is 37.6 Å². The van der Waals surface area contributed by atoms with Crippen LogP contribution in [0.4, 0.5) is 5.82 Å². The highest BCUT2D eigenvalue weighted by molar-refractivity contribution is 7.13. The van der Waals surface area contributed by atoms with E-state index in [0.29, 0.717) is 0 Å². The Bertz CT molecular complexity index is 448. The lowest BCUT2D eigenvalue weighted by Gasteiger charge is -2.00. The number of nitrogens with zero attached hydrogens (tertiary/aromatic N) is 1. The predicted molar refractivity (Wildman–Crippen MR) is 69.4 cm³/mol. The van der Waals surface area contributed by atoms with E-state index < -0.39 is 0 Å². The SMILES string of the molecule is CCCc1ccc(-c2nc(NN)cs2)cc1. The Morgan fingerprint density at radius 1 is 1.31 bits per heavy atom. The van der Waals surface area contributed by atoms with E-state index in [1.165, 1.54) is 12.0 Å². The van der Waals surface area contributed by atoms with Crippen molar-refractivity contribution in [2.75, 3.05) is 5.43 Å². The lowest BCUT2D eigenvalue weighted by atomic mass is 10.1. The fraction of sp³-hybridized carbons (Fsp3) is 0.250. The fourth-order valence-electron chi connectivity index (χ4n) is 1.58. The van der Waals surface area contributed by atoms with Crippen molar-refractivity contribution in [1.29, 1.82) is 0 Å². The van der Waals surface area contributed by atoms with Gasteiger partial charge in [0.15, 0.2) is 5.82 Å². The van der Waals surface area contributed by atoms with Gasteiger partial charge in [-0.3, -0.25) is 0 Å². The molecule has 3 N–H and O–H groups in total. The molecule has 0 radical (unpaired) electrons. The third kappa shape index (κ3) is 2.40. The van der Waals surface area contributed by atoms with E-state index in [1.54, 1.807) is 11.3 Å². The summed E-state index contributed by atoms with van der Waals surface area (Å²) in [6, 6.07) is 8.56. The Hall–Kier alpha value is -1.39. The number of benzene rings is 1. The molecule has 0 saturated heterocycles. The molecule has 1 aromatic heterocycles. The molecule has 0 fully saturated rings. The topological polar surface area (TPSA) is 50.9 Å². The molecule has 0 amide bonds. The van der Waals surface area contributed by atoms with Crippen molar-refractivity contribution < 1.29 is 0 Å². The van der Waals surface area contributed by atoms with E-state index in [2.05, 4.69) is 41.6 Å². The van der Waals surface area contributed by atoms with Gasteiger partial charge < -0.3 is 5.43 Å². The Kier molecular flexibility index (Phi) is 3.54. The van der Waals surface area contributed by atoms with E-state index in [4.69, 9.17) is 5.84 Å². The van der Waals surface area contributed by atoms with Crippen LogP contribution in [0.15, 0.2) is 29.6 Å². The highest BCUT2D eigenvalue weighted by Crippen LogP contribution is 2.25. The van der Waals surface area contributed by atoms with Crippen LogP contribution in [0.5, 0.6) is 0 Å². The summed E-state index contributed by atoms with van der Waals surface area (Å²) >= 11 is 1.59. The second kappa shape index (κ2) is 5.09. The van der Waals surface area contributed by atoms with Gasteiger partial charge in [-0.25, -0.2) is 10.8 Å². The monoisotopic (exact) mass is 233 g/mol. The van der Waals surface area contributed by atoms with Crippen LogP contribution in [-0.2, 0) is 6.42 Å². The third-order valence-corrected chi connectivity index (χ3v) is 3.28. The summed E-state index contributed by atoms with van der Waals surface area (Å²) in [5.74, 6) is 6.02. The van der Waals surface area contributed by atoms with E-state index in [1.807, 2.05) is 5.38 Å². The predicted octanol–water partition coefficient (Wildman–Crippen LogP) is 3.05. The highest BCUT2D eigenvalue weighted by atomic mass is 32.1. The minimum atomic E-state index is 0.720. The van der Waals surface area contributed by atoms with Gasteiger partial charge in [0.2, 0.25) is 0 Å². The number of nitrogen functional groups attached to an aromatic ring is 1. The minimum Gasteiger partial charge on any atom is -0.308 e. The van der Waals surface area contributed by atoms with E-state index >= 15 is 0 Å². The number of hydrogen-bond acceptors (Lipinski definition) is 4. The standard InChI is InChI=1S/C12H15N3S/c1-2-3-9-4-6-10(7-5-9)12-14-11(15-13)8-16-12/h4-8,15H,2-3,13H2,1H3. The fourth-order valence-corrected chi connectivity index (χ4v) is 2.34. The zero-order valence-electron chi connectivity index (χ0n) is 9.23. The van der Waals surface area contributed by atoms with E-state index in [-0.39, 0.29) is 0 Å². The van der Waals surface area contributed by atoms with Crippen molar-refractivity contribution in [3.63, 3.8) is 0 Å². The van der Waals surface area contributed by atoms with Crippen molar-refractivity contribution in [3.05, 3.63) is 35.2 Å². The van der Waals surface area contributed by atoms with Gasteiger partial charge in [0.05, 0.1) is 0 Å². The molecule has 0 aliphatic rings. The molecule has 0 atom stereocenters. The maximum atomic E-state index is 5.30. The normalized spacial score (nSPS) is 10.4. The third-order valence-electron chi connectivity index (χ3n) is 2.39. The maximum absolute atomic E-state index is 5.30. The second-order valence-electron chi connectivity index (χ2n) is 3.63. The molecule has 0 bridgehead atoms. The first-order valence-electron chi connectivity index (χ1n) is 5.35. The smallest absolute Gasteiger partial charge is 0.151 e. The van der Waals surface area contributed by atoms with Crippen molar-refractivity contribution >= 4 is 17.2 Å². The lowest BCUT2D eigenvalue weighted by molar-refractivity contribution is 0.922. The molecule has 0 aliphatic heterocycles. The number of thiazole rings is 1. The van der Waals surface area contributed by atoms with Crippen molar-refractivity contribution in [2.24, 2.45) is 5.84 Å². The molecule has 2 rings (SSSR count). The van der Waals surface area contributed by atoms with Gasteiger partial charge in [0.25, 0.3) is 0 Å². The molecule has 1 heterocycles. The number of nitrogens with one attached hydrogen (secondary N) is 1. The summed E-state index contributed by atoms with van der Waals surface area (Å²) < 4.78 is 0. The molecule has 3 nitrogen and oxygen atoms in total. The molecular formula is C12H15N3S. The van der Waals surface area contributed by atoms with Crippen molar-refractivity contribution in [3.8, 4) is 10.6 Å². The zero-order valence-corrected chi connectivity index (χ0v) is 10.1. The highest BCUT2D eigenvalue weighted by Gasteiger charge is 2.03. The van der Waals surface area contributed by atoms with Crippen LogP contribution >= 0.6 is 11.3 Å². The Labute approximate surface area is 99.3 Å². The maximum Gasteiger partial charge on any atom is 0.151 e. The van der Waals surface area contributed by atoms with Crippen molar-refractivity contribution in [1.82, 2.24) is 4.98 Å². The van der Waals surface area contributed by atoms with Crippen LogP contribution in [0, 0.1) is 0 Å². The average Bonchev–Trinajstić information content (AvgIpc) is 2.79. The molecule has 4 heteroatoms. The number of rotatable bonds is 4. The quantitative estimate of drug-likeness (QED) is 0.630. The van der Waals surface area contributed by atoms with Crippen LogP contribution < -0.4 is 11.3 Å². The average molecular weight is 233 g/mol. The molecule has 0 aliphatic carbocycles. The first kappa shape index (κ1) is 11.1. The first-order chi connectivity index (χ1) is 7.83. The van der Waals surface area contributed by atoms with E-state index in [0.717, 1.165) is 22.8 Å². The van der Waals surface area contributed by atoms with Gasteiger partial charge in [-0.2, -0.15) is 0 Å². The Morgan fingerprint density at radius 2 is 2.06 bits per heavy atom. The van der Waals surface area contributed by atoms with Crippen LogP contribution in [0.1, 0.15) is 18.9 Å². The molecule has 0 spiro atoms. The van der Waals surface area contributed by atoms with Gasteiger partial charge >= 0.3 is 0 Å². The molecule has 0 unspecified atom stereocenters. The molecule has 84 valence electrons. The largest absolute Gasteiger partial charge is 0.308 e. The summed E-state index contributed by atoms with van der Waals surface area (Å²) in [6.45, 7) is 2.19. The van der Waals surface area contributed by atoms with Crippen LogP contribution in [0.2, 0.25) is 0 Å².